The standard InChI is InChI=1S/C11H14N4/c1-15(7-8-2-3-8)11-9(5-12)4-10(13)6-14-11/h4,6,8H,2-3,7,13H2,1H3. The van der Waals surface area contributed by atoms with Crippen molar-refractivity contribution in [2.75, 3.05) is 24.2 Å². The molecule has 2 rings (SSSR count). The van der Waals surface area contributed by atoms with Crippen LogP contribution < -0.4 is 10.6 Å². The first-order valence-corrected chi connectivity index (χ1v) is 5.07. The Kier molecular flexibility index (Phi) is 2.46. The Labute approximate surface area is 89.3 Å². The van der Waals surface area contributed by atoms with Crippen molar-refractivity contribution in [1.82, 2.24) is 4.98 Å². The van der Waals surface area contributed by atoms with Crippen LogP contribution in [0.5, 0.6) is 0 Å². The minimum atomic E-state index is 0.537. The van der Waals surface area contributed by atoms with Gasteiger partial charge in [-0.15, -0.1) is 0 Å². The molecule has 0 saturated heterocycles. The van der Waals surface area contributed by atoms with Gasteiger partial charge in [0, 0.05) is 13.6 Å². The maximum atomic E-state index is 8.97. The summed E-state index contributed by atoms with van der Waals surface area (Å²) in [5.41, 5.74) is 6.68. The van der Waals surface area contributed by atoms with Gasteiger partial charge >= 0.3 is 0 Å². The highest BCUT2D eigenvalue weighted by Crippen LogP contribution is 2.31. The van der Waals surface area contributed by atoms with Crippen LogP contribution in [0.2, 0.25) is 0 Å². The summed E-state index contributed by atoms with van der Waals surface area (Å²) in [5.74, 6) is 1.51. The van der Waals surface area contributed by atoms with Crippen LogP contribution in [0.4, 0.5) is 11.5 Å². The number of pyridine rings is 1. The van der Waals surface area contributed by atoms with Crippen LogP contribution in [0.1, 0.15) is 18.4 Å². The van der Waals surface area contributed by atoms with Crippen LogP contribution in [-0.2, 0) is 0 Å². The van der Waals surface area contributed by atoms with E-state index in [1.165, 1.54) is 12.8 Å². The van der Waals surface area contributed by atoms with E-state index in [4.69, 9.17) is 11.0 Å². The Morgan fingerprint density at radius 2 is 2.40 bits per heavy atom. The number of nitrogens with zero attached hydrogens (tertiary/aromatic N) is 3. The summed E-state index contributed by atoms with van der Waals surface area (Å²) in [6, 6.07) is 3.80. The smallest absolute Gasteiger partial charge is 0.146 e. The third-order valence-electron chi connectivity index (χ3n) is 2.60. The fourth-order valence-corrected chi connectivity index (χ4v) is 1.63. The number of anilines is 2. The molecule has 0 radical (unpaired) electrons. The van der Waals surface area contributed by atoms with Gasteiger partial charge in [0.2, 0.25) is 0 Å². The number of nitrogens with two attached hydrogens (primary N) is 1. The van der Waals surface area contributed by atoms with Crippen molar-refractivity contribution in [3.63, 3.8) is 0 Å². The van der Waals surface area contributed by atoms with E-state index in [2.05, 4.69) is 11.1 Å². The Balaban J connectivity index is 2.21. The Morgan fingerprint density at radius 3 is 3.00 bits per heavy atom. The molecule has 1 heterocycles. The van der Waals surface area contributed by atoms with Gasteiger partial charge in [0.1, 0.15) is 11.9 Å². The third-order valence-corrected chi connectivity index (χ3v) is 2.60. The molecule has 4 heteroatoms. The molecular formula is C11H14N4. The summed E-state index contributed by atoms with van der Waals surface area (Å²) >= 11 is 0. The lowest BCUT2D eigenvalue weighted by Gasteiger charge is -2.18. The fraction of sp³-hybridized carbons (Fsp3) is 0.455. The maximum Gasteiger partial charge on any atom is 0.146 e. The SMILES string of the molecule is CN(CC1CC1)c1ncc(N)cc1C#N. The largest absolute Gasteiger partial charge is 0.397 e. The molecule has 1 saturated carbocycles. The highest BCUT2D eigenvalue weighted by atomic mass is 15.2. The molecule has 0 bridgehead atoms. The van der Waals surface area contributed by atoms with E-state index in [9.17, 15) is 0 Å². The average Bonchev–Trinajstić information content (AvgIpc) is 3.01. The first kappa shape index (κ1) is 9.78. The molecular weight excluding hydrogens is 188 g/mol. The van der Waals surface area contributed by atoms with Crippen molar-refractivity contribution in [3.8, 4) is 6.07 Å². The zero-order valence-corrected chi connectivity index (χ0v) is 8.77. The maximum absolute atomic E-state index is 8.97. The number of nitriles is 1. The molecule has 2 N–H and O–H groups in total. The lowest BCUT2D eigenvalue weighted by atomic mass is 10.2. The second-order valence-corrected chi connectivity index (χ2v) is 4.08. The molecule has 0 amide bonds. The molecule has 0 unspecified atom stereocenters. The summed E-state index contributed by atoms with van der Waals surface area (Å²) in [4.78, 5) is 6.25. The van der Waals surface area contributed by atoms with E-state index in [1.807, 2.05) is 11.9 Å². The number of aromatic nitrogens is 1. The quantitative estimate of drug-likeness (QED) is 0.804. The molecule has 0 atom stereocenters. The molecule has 1 aromatic heterocycles. The van der Waals surface area contributed by atoms with Crippen LogP contribution in [-0.4, -0.2) is 18.6 Å². The van der Waals surface area contributed by atoms with Crippen molar-refractivity contribution in [1.29, 1.82) is 5.26 Å². The van der Waals surface area contributed by atoms with Crippen LogP contribution >= 0.6 is 0 Å². The normalized spacial score (nSPS) is 14.7. The minimum Gasteiger partial charge on any atom is -0.397 e. The van der Waals surface area contributed by atoms with Crippen molar-refractivity contribution < 1.29 is 0 Å². The zero-order valence-electron chi connectivity index (χ0n) is 8.77. The molecule has 0 aliphatic heterocycles. The lowest BCUT2D eigenvalue weighted by molar-refractivity contribution is 0.776. The van der Waals surface area contributed by atoms with Gasteiger partial charge in [-0.25, -0.2) is 4.98 Å². The highest BCUT2D eigenvalue weighted by Gasteiger charge is 2.24. The van der Waals surface area contributed by atoms with Crippen molar-refractivity contribution >= 4 is 11.5 Å². The van der Waals surface area contributed by atoms with Crippen LogP contribution in [0.15, 0.2) is 12.3 Å². The summed E-state index contributed by atoms with van der Waals surface area (Å²) in [7, 11) is 1.97. The van der Waals surface area contributed by atoms with E-state index in [1.54, 1.807) is 12.3 Å². The van der Waals surface area contributed by atoms with Gasteiger partial charge in [-0.2, -0.15) is 5.26 Å². The topological polar surface area (TPSA) is 65.9 Å². The summed E-state index contributed by atoms with van der Waals surface area (Å²) in [5, 5.41) is 8.97. The lowest BCUT2D eigenvalue weighted by Crippen LogP contribution is -2.22. The Morgan fingerprint density at radius 1 is 1.67 bits per heavy atom. The summed E-state index contributed by atoms with van der Waals surface area (Å²) in [6.07, 6.45) is 4.18. The predicted molar refractivity (Wildman–Crippen MR) is 59.4 cm³/mol. The second kappa shape index (κ2) is 3.77. The molecule has 0 spiro atoms. The fourth-order valence-electron chi connectivity index (χ4n) is 1.63. The zero-order chi connectivity index (χ0) is 10.8. The third kappa shape index (κ3) is 2.18. The Bertz CT molecular complexity index is 404. The van der Waals surface area contributed by atoms with E-state index >= 15 is 0 Å². The number of nitrogen functional groups attached to an aromatic ring is 1. The molecule has 1 fully saturated rings. The van der Waals surface area contributed by atoms with Crippen LogP contribution in [0.3, 0.4) is 0 Å². The number of hydrogen-bond acceptors (Lipinski definition) is 4. The molecule has 15 heavy (non-hydrogen) atoms. The van der Waals surface area contributed by atoms with Gasteiger partial charge in [-0.1, -0.05) is 0 Å². The average molecular weight is 202 g/mol. The van der Waals surface area contributed by atoms with Gasteiger partial charge in [-0.3, -0.25) is 0 Å². The van der Waals surface area contributed by atoms with E-state index in [0.717, 1.165) is 18.3 Å². The van der Waals surface area contributed by atoms with Crippen LogP contribution in [0.25, 0.3) is 0 Å². The molecule has 78 valence electrons. The molecule has 4 nitrogen and oxygen atoms in total. The van der Waals surface area contributed by atoms with E-state index in [0.29, 0.717) is 11.3 Å². The highest BCUT2D eigenvalue weighted by molar-refractivity contribution is 5.58. The monoisotopic (exact) mass is 202 g/mol. The summed E-state index contributed by atoms with van der Waals surface area (Å²) in [6.45, 7) is 0.978. The second-order valence-electron chi connectivity index (χ2n) is 4.08. The molecule has 1 aliphatic carbocycles. The van der Waals surface area contributed by atoms with Crippen LogP contribution in [0, 0.1) is 17.2 Å². The van der Waals surface area contributed by atoms with E-state index < -0.39 is 0 Å². The van der Waals surface area contributed by atoms with Crippen molar-refractivity contribution in [2.45, 2.75) is 12.8 Å². The predicted octanol–water partition coefficient (Wildman–Crippen LogP) is 1.38. The van der Waals surface area contributed by atoms with Gasteiger partial charge in [0.05, 0.1) is 17.4 Å². The summed E-state index contributed by atoms with van der Waals surface area (Å²) < 4.78 is 0. The molecule has 0 aromatic carbocycles. The Hall–Kier alpha value is -1.76. The number of rotatable bonds is 3. The first-order chi connectivity index (χ1) is 7.20. The first-order valence-electron chi connectivity index (χ1n) is 5.07. The number of hydrogen-bond donors (Lipinski definition) is 1. The minimum absolute atomic E-state index is 0.537. The molecule has 1 aliphatic rings. The van der Waals surface area contributed by atoms with E-state index in [-0.39, 0.29) is 0 Å². The van der Waals surface area contributed by atoms with Gasteiger partial charge < -0.3 is 10.6 Å². The van der Waals surface area contributed by atoms with Crippen molar-refractivity contribution in [2.24, 2.45) is 5.92 Å². The van der Waals surface area contributed by atoms with Gasteiger partial charge in [0.25, 0.3) is 0 Å². The van der Waals surface area contributed by atoms with Crippen molar-refractivity contribution in [3.05, 3.63) is 17.8 Å². The molecule has 1 aromatic rings. The van der Waals surface area contributed by atoms with Gasteiger partial charge in [0.15, 0.2) is 0 Å². The van der Waals surface area contributed by atoms with Gasteiger partial charge in [-0.05, 0) is 24.8 Å².